The van der Waals surface area contributed by atoms with Crippen molar-refractivity contribution >= 4 is 35.2 Å². The Hall–Kier alpha value is -2.09. The number of primary amides is 1. The number of halogens is 2. The van der Waals surface area contributed by atoms with Gasteiger partial charge in [0.25, 0.3) is 0 Å². The van der Waals surface area contributed by atoms with E-state index < -0.39 is 6.03 Å². The molecule has 1 aromatic heterocycles. The van der Waals surface area contributed by atoms with Gasteiger partial charge in [-0.1, -0.05) is 29.3 Å². The lowest BCUT2D eigenvalue weighted by Crippen LogP contribution is -2.41. The average Bonchev–Trinajstić information content (AvgIpc) is 3.24. The lowest BCUT2D eigenvalue weighted by atomic mass is 9.83. The number of aromatic nitrogens is 2. The van der Waals surface area contributed by atoms with Crippen molar-refractivity contribution in [2.24, 2.45) is 5.73 Å². The zero-order valence-corrected chi connectivity index (χ0v) is 19.3. The van der Waals surface area contributed by atoms with Crippen LogP contribution in [0.5, 0.6) is 0 Å². The number of carbonyl (C=O) groups excluding carboxylic acids is 1. The molecule has 31 heavy (non-hydrogen) atoms. The van der Waals surface area contributed by atoms with E-state index in [1.54, 1.807) is 4.90 Å². The molecule has 0 aliphatic carbocycles. The molecule has 7 nitrogen and oxygen atoms in total. The summed E-state index contributed by atoms with van der Waals surface area (Å²) >= 11 is 12.6. The lowest BCUT2D eigenvalue weighted by Gasteiger charge is -2.32. The number of amides is 2. The summed E-state index contributed by atoms with van der Waals surface area (Å²) in [5, 5.41) is 8.04. The van der Waals surface area contributed by atoms with E-state index in [1.807, 2.05) is 32.0 Å². The molecule has 1 aromatic carbocycles. The molecule has 0 saturated carbocycles. The van der Waals surface area contributed by atoms with Gasteiger partial charge in [-0.25, -0.2) is 14.8 Å². The van der Waals surface area contributed by atoms with Crippen LogP contribution in [0.3, 0.4) is 0 Å². The fourth-order valence-corrected chi connectivity index (χ4v) is 4.82. The molecule has 1 fully saturated rings. The third kappa shape index (κ3) is 4.73. The highest BCUT2D eigenvalue weighted by Crippen LogP contribution is 2.38. The van der Waals surface area contributed by atoms with Crippen molar-refractivity contribution in [1.82, 2.24) is 20.2 Å². The molecule has 3 heterocycles. The van der Waals surface area contributed by atoms with Crippen LogP contribution >= 0.6 is 23.2 Å². The van der Waals surface area contributed by atoms with Gasteiger partial charge < -0.3 is 21.3 Å². The van der Waals surface area contributed by atoms with Crippen LogP contribution in [-0.4, -0.2) is 46.1 Å². The van der Waals surface area contributed by atoms with Crippen LogP contribution in [0.15, 0.2) is 18.2 Å². The number of rotatable bonds is 5. The van der Waals surface area contributed by atoms with Crippen molar-refractivity contribution in [3.8, 4) is 0 Å². The Morgan fingerprint density at radius 1 is 1.29 bits per heavy atom. The van der Waals surface area contributed by atoms with Crippen LogP contribution < -0.4 is 16.4 Å². The molecule has 2 aliphatic rings. The number of fused-ring (bicyclic) bond motifs is 1. The second-order valence-corrected chi connectivity index (χ2v) is 9.33. The van der Waals surface area contributed by atoms with Crippen molar-refractivity contribution in [2.45, 2.75) is 57.7 Å². The minimum atomic E-state index is -0.428. The van der Waals surface area contributed by atoms with E-state index in [4.69, 9.17) is 38.9 Å². The Kier molecular flexibility index (Phi) is 6.55. The van der Waals surface area contributed by atoms with E-state index in [0.717, 1.165) is 41.9 Å². The van der Waals surface area contributed by atoms with Gasteiger partial charge in [-0.2, -0.15) is 0 Å². The van der Waals surface area contributed by atoms with Crippen LogP contribution in [0, 0.1) is 0 Å². The molecule has 0 unspecified atom stereocenters. The summed E-state index contributed by atoms with van der Waals surface area (Å²) in [7, 11) is 0. The Labute approximate surface area is 192 Å². The van der Waals surface area contributed by atoms with Crippen molar-refractivity contribution in [3.63, 3.8) is 0 Å². The van der Waals surface area contributed by atoms with E-state index >= 15 is 0 Å². The predicted octanol–water partition coefficient (Wildman–Crippen LogP) is 3.92. The molecule has 0 radical (unpaired) electrons. The van der Waals surface area contributed by atoms with Gasteiger partial charge in [0.05, 0.1) is 28.0 Å². The smallest absolute Gasteiger partial charge is 0.315 e. The van der Waals surface area contributed by atoms with E-state index in [0.29, 0.717) is 35.5 Å². The second kappa shape index (κ2) is 9.18. The molecular weight excluding hydrogens is 435 g/mol. The maximum absolute atomic E-state index is 11.8. The molecule has 2 aliphatic heterocycles. The largest absolute Gasteiger partial charge is 0.352 e. The summed E-state index contributed by atoms with van der Waals surface area (Å²) < 4.78 is 0. The van der Waals surface area contributed by atoms with Crippen LogP contribution in [0.25, 0.3) is 0 Å². The number of nitrogens with two attached hydrogens (primary N) is 1. The van der Waals surface area contributed by atoms with Crippen molar-refractivity contribution in [1.29, 1.82) is 0 Å². The van der Waals surface area contributed by atoms with Crippen molar-refractivity contribution < 1.29 is 4.79 Å². The SMILES string of the molecule is CC(C)Nc1nc2c(c([C@@H](c3ccc(Cl)c(Cl)c3)[C@H]3CCCN3)n1)CCN(C(N)=O)C2. The summed E-state index contributed by atoms with van der Waals surface area (Å²) in [6.07, 6.45) is 2.83. The van der Waals surface area contributed by atoms with E-state index in [1.165, 1.54) is 0 Å². The fourth-order valence-electron chi connectivity index (χ4n) is 4.51. The summed E-state index contributed by atoms with van der Waals surface area (Å²) in [5.74, 6) is 0.569. The topological polar surface area (TPSA) is 96.2 Å². The molecule has 2 atom stereocenters. The number of hydrogen-bond donors (Lipinski definition) is 3. The summed E-state index contributed by atoms with van der Waals surface area (Å²) in [6, 6.07) is 5.80. The van der Waals surface area contributed by atoms with E-state index in [-0.39, 0.29) is 18.0 Å². The standard InChI is InChI=1S/C22H28Cl2N6O/c1-12(2)27-22-28-18-11-30(21(25)31)9-7-14(18)20(29-22)19(17-4-3-8-26-17)13-5-6-15(23)16(24)10-13/h5-6,10,12,17,19,26H,3-4,7-9,11H2,1-2H3,(H2,25,31)(H,27,28,29)/t17-,19+/m1/s1. The van der Waals surface area contributed by atoms with Gasteiger partial charge in [-0.05, 0) is 62.9 Å². The molecule has 1 saturated heterocycles. The molecule has 4 N–H and O–H groups in total. The molecule has 0 bridgehead atoms. The maximum atomic E-state index is 11.8. The monoisotopic (exact) mass is 462 g/mol. The molecule has 9 heteroatoms. The van der Waals surface area contributed by atoms with Gasteiger partial charge in [0.1, 0.15) is 0 Å². The van der Waals surface area contributed by atoms with Gasteiger partial charge in [-0.3, -0.25) is 0 Å². The average molecular weight is 463 g/mol. The highest BCUT2D eigenvalue weighted by atomic mass is 35.5. The first kappa shape index (κ1) is 22.1. The van der Waals surface area contributed by atoms with Gasteiger partial charge in [0, 0.05) is 24.5 Å². The Balaban J connectivity index is 1.85. The fraction of sp³-hybridized carbons (Fsp3) is 0.500. The number of anilines is 1. The quantitative estimate of drug-likeness (QED) is 0.625. The predicted molar refractivity (Wildman–Crippen MR) is 124 cm³/mol. The first-order valence-corrected chi connectivity index (χ1v) is 11.5. The number of benzene rings is 1. The molecular formula is C22H28Cl2N6O. The minimum absolute atomic E-state index is 0.00172. The third-order valence-corrected chi connectivity index (χ3v) is 6.66. The Morgan fingerprint density at radius 2 is 2.10 bits per heavy atom. The molecule has 2 amide bonds. The van der Waals surface area contributed by atoms with Crippen molar-refractivity contribution in [3.05, 3.63) is 50.8 Å². The molecule has 4 rings (SSSR count). The van der Waals surface area contributed by atoms with Gasteiger partial charge >= 0.3 is 6.03 Å². The van der Waals surface area contributed by atoms with E-state index in [9.17, 15) is 4.79 Å². The summed E-state index contributed by atoms with van der Waals surface area (Å²) in [5.41, 5.74) is 9.55. The van der Waals surface area contributed by atoms with E-state index in [2.05, 4.69) is 10.6 Å². The molecule has 2 aromatic rings. The van der Waals surface area contributed by atoms with Gasteiger partial charge in [0.15, 0.2) is 0 Å². The number of urea groups is 1. The normalized spacial score (nSPS) is 19.4. The van der Waals surface area contributed by atoms with Crippen LogP contribution in [0.4, 0.5) is 10.7 Å². The van der Waals surface area contributed by atoms with Crippen LogP contribution in [-0.2, 0) is 13.0 Å². The summed E-state index contributed by atoms with van der Waals surface area (Å²) in [4.78, 5) is 23.2. The highest BCUT2D eigenvalue weighted by molar-refractivity contribution is 6.42. The zero-order valence-electron chi connectivity index (χ0n) is 17.8. The number of nitrogens with one attached hydrogen (secondary N) is 2. The number of carbonyl (C=O) groups is 1. The van der Waals surface area contributed by atoms with Gasteiger partial charge in [0.2, 0.25) is 5.95 Å². The van der Waals surface area contributed by atoms with Crippen LogP contribution in [0.2, 0.25) is 10.0 Å². The third-order valence-electron chi connectivity index (χ3n) is 5.92. The van der Waals surface area contributed by atoms with Crippen molar-refractivity contribution in [2.75, 3.05) is 18.4 Å². The first-order chi connectivity index (χ1) is 14.8. The maximum Gasteiger partial charge on any atom is 0.315 e. The van der Waals surface area contributed by atoms with Crippen LogP contribution in [0.1, 0.15) is 55.1 Å². The Morgan fingerprint density at radius 3 is 2.74 bits per heavy atom. The number of nitrogens with zero attached hydrogens (tertiary/aromatic N) is 3. The van der Waals surface area contributed by atoms with Gasteiger partial charge in [-0.15, -0.1) is 0 Å². The Bertz CT molecular complexity index is 977. The first-order valence-electron chi connectivity index (χ1n) is 10.7. The minimum Gasteiger partial charge on any atom is -0.352 e. The lowest BCUT2D eigenvalue weighted by molar-refractivity contribution is 0.201. The highest BCUT2D eigenvalue weighted by Gasteiger charge is 2.34. The summed E-state index contributed by atoms with van der Waals surface area (Å²) in [6.45, 7) is 6.02. The molecule has 166 valence electrons. The molecule has 0 spiro atoms. The second-order valence-electron chi connectivity index (χ2n) is 8.52. The number of hydrogen-bond acceptors (Lipinski definition) is 5. The zero-order chi connectivity index (χ0) is 22.1.